The van der Waals surface area contributed by atoms with Crippen LogP contribution in [0.1, 0.15) is 76.8 Å². The maximum absolute atomic E-state index is 13.6. The maximum Gasteiger partial charge on any atom is 0.242 e. The number of hydrogen-bond acceptors (Lipinski definition) is 2. The number of unbranched alkanes of at least 4 members (excludes halogenated alkanes) is 5. The predicted molar refractivity (Wildman–Crippen MR) is 153 cm³/mol. The normalized spacial score (nSPS) is 11.2. The first-order chi connectivity index (χ1) is 18.0. The molecule has 3 rings (SSSR count). The highest BCUT2D eigenvalue weighted by Gasteiger charge is 2.22. The summed E-state index contributed by atoms with van der Waals surface area (Å²) in [6.45, 7) is 8.34. The summed E-state index contributed by atoms with van der Waals surface area (Å²) < 4.78 is 0. The number of nitrogens with zero attached hydrogens (tertiary/aromatic N) is 2. The Kier molecular flexibility index (Phi) is 11.7. The SMILES string of the molecule is CCCCCCCCC(=O)N(CC(=O)N(CCc1c[nH]c2ccccc12)Cc1ccccc1)CC(C)C. The second-order valence-electron chi connectivity index (χ2n) is 10.6. The Balaban J connectivity index is 1.66. The molecule has 0 aliphatic rings. The van der Waals surface area contributed by atoms with Crippen molar-refractivity contribution in [1.29, 1.82) is 0 Å². The molecule has 1 N–H and O–H groups in total. The first kappa shape index (κ1) is 28.5. The standard InChI is InChI=1S/C32H45N3O2/c1-4-5-6-7-8-12-19-31(36)35(23-26(2)3)25-32(37)34(24-27-15-10-9-11-16-27)21-20-28-22-33-30-18-14-13-17-29(28)30/h9-11,13-18,22,26,33H,4-8,12,19-21,23-25H2,1-3H3. The number of H-pyrrole nitrogens is 1. The summed E-state index contributed by atoms with van der Waals surface area (Å²) in [5.41, 5.74) is 3.42. The van der Waals surface area contributed by atoms with E-state index < -0.39 is 0 Å². The highest BCUT2D eigenvalue weighted by Crippen LogP contribution is 2.19. The zero-order valence-electron chi connectivity index (χ0n) is 23.0. The van der Waals surface area contributed by atoms with Gasteiger partial charge < -0.3 is 14.8 Å². The van der Waals surface area contributed by atoms with Crippen LogP contribution in [0.15, 0.2) is 60.8 Å². The van der Waals surface area contributed by atoms with Gasteiger partial charge in [-0.05, 0) is 36.0 Å². The van der Waals surface area contributed by atoms with Crippen LogP contribution in [0.2, 0.25) is 0 Å². The van der Waals surface area contributed by atoms with E-state index in [0.717, 1.165) is 30.3 Å². The van der Waals surface area contributed by atoms with Gasteiger partial charge in [-0.1, -0.05) is 101 Å². The third kappa shape index (κ3) is 9.38. The average molecular weight is 504 g/mol. The first-order valence-electron chi connectivity index (χ1n) is 14.1. The Bertz CT molecular complexity index is 1090. The van der Waals surface area contributed by atoms with Gasteiger partial charge in [0.2, 0.25) is 11.8 Å². The van der Waals surface area contributed by atoms with E-state index in [4.69, 9.17) is 0 Å². The highest BCUT2D eigenvalue weighted by atomic mass is 16.2. The number of carbonyl (C=O) groups is 2. The summed E-state index contributed by atoms with van der Waals surface area (Å²) in [5, 5.41) is 1.20. The van der Waals surface area contributed by atoms with Gasteiger partial charge in [0.25, 0.3) is 0 Å². The summed E-state index contributed by atoms with van der Waals surface area (Å²) in [6.07, 6.45) is 10.2. The highest BCUT2D eigenvalue weighted by molar-refractivity contribution is 5.85. The van der Waals surface area contributed by atoms with Crippen LogP contribution < -0.4 is 0 Å². The number of aromatic nitrogens is 1. The van der Waals surface area contributed by atoms with Crippen molar-refractivity contribution in [2.75, 3.05) is 19.6 Å². The number of aromatic amines is 1. The molecule has 0 bridgehead atoms. The smallest absolute Gasteiger partial charge is 0.242 e. The zero-order valence-corrected chi connectivity index (χ0v) is 23.0. The van der Waals surface area contributed by atoms with E-state index in [0.29, 0.717) is 32.0 Å². The van der Waals surface area contributed by atoms with E-state index in [9.17, 15) is 9.59 Å². The second-order valence-corrected chi connectivity index (χ2v) is 10.6. The molecule has 5 heteroatoms. The molecule has 0 aliphatic carbocycles. The molecule has 0 saturated heterocycles. The lowest BCUT2D eigenvalue weighted by Crippen LogP contribution is -2.44. The van der Waals surface area contributed by atoms with Gasteiger partial charge in [-0.25, -0.2) is 0 Å². The molecule has 0 radical (unpaired) electrons. The average Bonchev–Trinajstić information content (AvgIpc) is 3.31. The molecule has 1 heterocycles. The van der Waals surface area contributed by atoms with E-state index in [1.54, 1.807) is 4.90 Å². The minimum Gasteiger partial charge on any atom is -0.361 e. The molecule has 37 heavy (non-hydrogen) atoms. The molecule has 0 atom stereocenters. The summed E-state index contributed by atoms with van der Waals surface area (Å²) in [5.74, 6) is 0.435. The topological polar surface area (TPSA) is 56.4 Å². The molecular formula is C32H45N3O2. The fraction of sp³-hybridized carbons (Fsp3) is 0.500. The summed E-state index contributed by atoms with van der Waals surface area (Å²) >= 11 is 0. The quantitative estimate of drug-likeness (QED) is 0.215. The van der Waals surface area contributed by atoms with Gasteiger partial charge in [-0.2, -0.15) is 0 Å². The molecule has 0 unspecified atom stereocenters. The number of carbonyl (C=O) groups excluding carboxylic acids is 2. The van der Waals surface area contributed by atoms with Crippen LogP contribution in [0, 0.1) is 5.92 Å². The minimum atomic E-state index is 0.0145. The lowest BCUT2D eigenvalue weighted by molar-refractivity contribution is -0.141. The summed E-state index contributed by atoms with van der Waals surface area (Å²) in [6, 6.07) is 18.4. The van der Waals surface area contributed by atoms with Crippen molar-refractivity contribution in [2.45, 2.75) is 78.7 Å². The largest absolute Gasteiger partial charge is 0.361 e. The number of hydrogen-bond donors (Lipinski definition) is 1. The van der Waals surface area contributed by atoms with E-state index in [2.05, 4.69) is 50.0 Å². The first-order valence-corrected chi connectivity index (χ1v) is 14.1. The number of rotatable bonds is 16. The van der Waals surface area contributed by atoms with Crippen molar-refractivity contribution in [1.82, 2.24) is 14.8 Å². The Morgan fingerprint density at radius 2 is 1.54 bits per heavy atom. The van der Waals surface area contributed by atoms with Crippen molar-refractivity contribution in [2.24, 2.45) is 5.92 Å². The third-order valence-electron chi connectivity index (χ3n) is 6.90. The maximum atomic E-state index is 13.6. The molecule has 0 fully saturated rings. The van der Waals surface area contributed by atoms with E-state index in [1.165, 1.54) is 36.6 Å². The fourth-order valence-electron chi connectivity index (χ4n) is 4.86. The Morgan fingerprint density at radius 1 is 0.838 bits per heavy atom. The van der Waals surface area contributed by atoms with Crippen LogP contribution >= 0.6 is 0 Å². The number of benzene rings is 2. The third-order valence-corrected chi connectivity index (χ3v) is 6.90. The summed E-state index contributed by atoms with van der Waals surface area (Å²) in [4.78, 5) is 33.8. The van der Waals surface area contributed by atoms with Crippen molar-refractivity contribution < 1.29 is 9.59 Å². The lowest BCUT2D eigenvalue weighted by Gasteiger charge is -2.29. The monoisotopic (exact) mass is 503 g/mol. The number of para-hydroxylation sites is 1. The van der Waals surface area contributed by atoms with Gasteiger partial charge in [0.15, 0.2) is 0 Å². The van der Waals surface area contributed by atoms with E-state index in [-0.39, 0.29) is 18.4 Å². The lowest BCUT2D eigenvalue weighted by atomic mass is 10.1. The molecule has 3 aromatic rings. The molecule has 1 aromatic heterocycles. The van der Waals surface area contributed by atoms with E-state index in [1.807, 2.05) is 41.4 Å². The fourth-order valence-corrected chi connectivity index (χ4v) is 4.86. The van der Waals surface area contributed by atoms with Crippen LogP contribution in [-0.4, -0.2) is 46.2 Å². The molecule has 200 valence electrons. The van der Waals surface area contributed by atoms with Crippen LogP contribution in [0.25, 0.3) is 10.9 Å². The number of fused-ring (bicyclic) bond motifs is 1. The van der Waals surface area contributed by atoms with Gasteiger partial charge >= 0.3 is 0 Å². The molecule has 2 amide bonds. The molecule has 0 spiro atoms. The van der Waals surface area contributed by atoms with Crippen molar-refractivity contribution in [3.63, 3.8) is 0 Å². The molecule has 0 saturated carbocycles. The summed E-state index contributed by atoms with van der Waals surface area (Å²) in [7, 11) is 0. The van der Waals surface area contributed by atoms with Crippen LogP contribution in [-0.2, 0) is 22.6 Å². The number of amides is 2. The van der Waals surface area contributed by atoms with Gasteiger partial charge in [0.05, 0.1) is 6.54 Å². The van der Waals surface area contributed by atoms with Crippen LogP contribution in [0.5, 0.6) is 0 Å². The Morgan fingerprint density at radius 3 is 2.30 bits per heavy atom. The van der Waals surface area contributed by atoms with Gasteiger partial charge in [-0.3, -0.25) is 9.59 Å². The predicted octanol–water partition coefficient (Wildman–Crippen LogP) is 6.97. The van der Waals surface area contributed by atoms with Gasteiger partial charge in [0.1, 0.15) is 0 Å². The second kappa shape index (κ2) is 15.2. The van der Waals surface area contributed by atoms with E-state index >= 15 is 0 Å². The van der Waals surface area contributed by atoms with Crippen molar-refractivity contribution in [3.05, 3.63) is 71.9 Å². The van der Waals surface area contributed by atoms with Crippen molar-refractivity contribution >= 4 is 22.7 Å². The molecule has 5 nitrogen and oxygen atoms in total. The van der Waals surface area contributed by atoms with Crippen molar-refractivity contribution in [3.8, 4) is 0 Å². The van der Waals surface area contributed by atoms with Crippen LogP contribution in [0.4, 0.5) is 0 Å². The van der Waals surface area contributed by atoms with Crippen LogP contribution in [0.3, 0.4) is 0 Å². The minimum absolute atomic E-state index is 0.0145. The zero-order chi connectivity index (χ0) is 26.5. The number of nitrogens with one attached hydrogen (secondary N) is 1. The molecule has 0 aliphatic heterocycles. The van der Waals surface area contributed by atoms with Gasteiger partial charge in [-0.15, -0.1) is 0 Å². The molecule has 2 aromatic carbocycles. The Hall–Kier alpha value is -3.08. The Labute approximate surface area is 223 Å². The van der Waals surface area contributed by atoms with Gasteiger partial charge in [0, 0.05) is 43.2 Å². The molecular weight excluding hydrogens is 458 g/mol.